The van der Waals surface area contributed by atoms with Gasteiger partial charge in [0, 0.05) is 25.3 Å². The van der Waals surface area contributed by atoms with E-state index in [2.05, 4.69) is 38.0 Å². The number of likely N-dealkylation sites (N-methyl/N-ethyl adjacent to an activating group) is 2. The minimum absolute atomic E-state index is 0. The molecule has 0 aromatic carbocycles. The summed E-state index contributed by atoms with van der Waals surface area (Å²) in [5.74, 6) is 0. The van der Waals surface area contributed by atoms with Crippen LogP contribution in [0.15, 0.2) is 0 Å². The molecule has 0 bridgehead atoms. The first-order valence-electron chi connectivity index (χ1n) is 6.02. The van der Waals surface area contributed by atoms with E-state index in [0.717, 1.165) is 32.2 Å². The van der Waals surface area contributed by atoms with Crippen molar-refractivity contribution in [1.29, 1.82) is 0 Å². The number of halogens is 2. The summed E-state index contributed by atoms with van der Waals surface area (Å²) in [5.41, 5.74) is 0.0644. The van der Waals surface area contributed by atoms with E-state index in [0.29, 0.717) is 0 Å². The van der Waals surface area contributed by atoms with E-state index in [4.69, 9.17) is 10.2 Å². The lowest BCUT2D eigenvalue weighted by Gasteiger charge is -2.42. The third-order valence-electron chi connectivity index (χ3n) is 3.16. The fourth-order valence-corrected chi connectivity index (χ4v) is 2.28. The molecule has 0 atom stereocenters. The number of hydrogen-bond donors (Lipinski definition) is 4. The lowest BCUT2D eigenvalue weighted by molar-refractivity contribution is 0.0744. The summed E-state index contributed by atoms with van der Waals surface area (Å²) in [7, 11) is 8.29. The van der Waals surface area contributed by atoms with Gasteiger partial charge in [-0.3, -0.25) is 0 Å². The summed E-state index contributed by atoms with van der Waals surface area (Å²) in [5, 5.41) is 18.0. The largest absolute Gasteiger partial charge is 0.396 e. The molecule has 0 amide bonds. The zero-order valence-electron chi connectivity index (χ0n) is 13.5. The molecule has 0 aromatic heterocycles. The van der Waals surface area contributed by atoms with Crippen LogP contribution in [0.4, 0.5) is 0 Å². The molecular formula is C12H36Cl2N4O2. The van der Waals surface area contributed by atoms with Crippen LogP contribution in [-0.2, 0) is 0 Å². The van der Waals surface area contributed by atoms with Crippen LogP contribution in [0.2, 0.25) is 0 Å². The van der Waals surface area contributed by atoms with Crippen molar-refractivity contribution < 1.29 is 10.2 Å². The van der Waals surface area contributed by atoms with Gasteiger partial charge >= 0.3 is 0 Å². The van der Waals surface area contributed by atoms with E-state index in [1.807, 2.05) is 0 Å². The van der Waals surface area contributed by atoms with E-state index in [1.54, 1.807) is 0 Å². The number of hydrogen-bond acceptors (Lipinski definition) is 6. The molecule has 130 valence electrons. The van der Waals surface area contributed by atoms with Crippen LogP contribution >= 0.6 is 24.8 Å². The Morgan fingerprint density at radius 2 is 1.15 bits per heavy atom. The monoisotopic (exact) mass is 338 g/mol. The van der Waals surface area contributed by atoms with Crippen molar-refractivity contribution in [2.24, 2.45) is 0 Å². The van der Waals surface area contributed by atoms with Crippen molar-refractivity contribution >= 4 is 24.8 Å². The van der Waals surface area contributed by atoms with Crippen molar-refractivity contribution in [3.8, 4) is 0 Å². The molecule has 8 heteroatoms. The SMILES string of the molecule is CN(C)CC(CCCO)(CCCO)N(C)C.Cl.Cl.N.N. The smallest absolute Gasteiger partial charge is 0.0431 e. The van der Waals surface area contributed by atoms with Gasteiger partial charge in [-0.05, 0) is 53.9 Å². The fourth-order valence-electron chi connectivity index (χ4n) is 2.28. The lowest BCUT2D eigenvalue weighted by atomic mass is 9.86. The molecule has 0 fully saturated rings. The molecular weight excluding hydrogens is 303 g/mol. The Balaban J connectivity index is -0.000000187. The normalized spacial score (nSPS) is 10.2. The highest BCUT2D eigenvalue weighted by molar-refractivity contribution is 5.85. The topological polar surface area (TPSA) is 117 Å². The Morgan fingerprint density at radius 3 is 1.35 bits per heavy atom. The molecule has 0 unspecified atom stereocenters. The van der Waals surface area contributed by atoms with E-state index >= 15 is 0 Å². The molecule has 0 radical (unpaired) electrons. The minimum atomic E-state index is 0. The van der Waals surface area contributed by atoms with Crippen LogP contribution in [0.5, 0.6) is 0 Å². The Morgan fingerprint density at radius 1 is 0.800 bits per heavy atom. The van der Waals surface area contributed by atoms with Gasteiger partial charge in [-0.1, -0.05) is 0 Å². The van der Waals surface area contributed by atoms with Gasteiger partial charge in [0.2, 0.25) is 0 Å². The van der Waals surface area contributed by atoms with Gasteiger partial charge in [0.25, 0.3) is 0 Å². The van der Waals surface area contributed by atoms with Crippen molar-refractivity contribution in [2.75, 3.05) is 47.9 Å². The van der Waals surface area contributed by atoms with Gasteiger partial charge in [0.1, 0.15) is 0 Å². The summed E-state index contributed by atoms with van der Waals surface area (Å²) in [4.78, 5) is 4.41. The van der Waals surface area contributed by atoms with Gasteiger partial charge in [0.05, 0.1) is 0 Å². The third kappa shape index (κ3) is 12.1. The van der Waals surface area contributed by atoms with Crippen molar-refractivity contribution in [3.05, 3.63) is 0 Å². The maximum atomic E-state index is 8.99. The molecule has 0 saturated carbocycles. The predicted molar refractivity (Wildman–Crippen MR) is 92.2 cm³/mol. The van der Waals surface area contributed by atoms with Gasteiger partial charge < -0.3 is 32.3 Å². The molecule has 0 spiro atoms. The van der Waals surface area contributed by atoms with E-state index in [-0.39, 0.29) is 55.9 Å². The summed E-state index contributed by atoms with van der Waals surface area (Å²) < 4.78 is 0. The number of nitrogens with zero attached hydrogens (tertiary/aromatic N) is 2. The summed E-state index contributed by atoms with van der Waals surface area (Å²) in [6, 6.07) is 0. The minimum Gasteiger partial charge on any atom is -0.396 e. The second-order valence-electron chi connectivity index (χ2n) is 5.01. The molecule has 0 aliphatic heterocycles. The van der Waals surface area contributed by atoms with E-state index in [9.17, 15) is 0 Å². The number of aliphatic hydroxyl groups excluding tert-OH is 2. The average Bonchev–Trinajstić information content (AvgIpc) is 2.21. The van der Waals surface area contributed by atoms with E-state index in [1.165, 1.54) is 0 Å². The van der Waals surface area contributed by atoms with Gasteiger partial charge in [0.15, 0.2) is 0 Å². The number of rotatable bonds is 9. The predicted octanol–water partition coefficient (Wildman–Crippen LogP) is 1.56. The zero-order chi connectivity index (χ0) is 12.6. The Bertz CT molecular complexity index is 179. The van der Waals surface area contributed by atoms with E-state index < -0.39 is 0 Å². The molecule has 0 aliphatic carbocycles. The zero-order valence-corrected chi connectivity index (χ0v) is 15.1. The third-order valence-corrected chi connectivity index (χ3v) is 3.16. The van der Waals surface area contributed by atoms with Crippen molar-refractivity contribution in [2.45, 2.75) is 31.2 Å². The molecule has 20 heavy (non-hydrogen) atoms. The first kappa shape index (κ1) is 32.3. The van der Waals surface area contributed by atoms with Crippen LogP contribution in [-0.4, -0.2) is 73.5 Å². The molecule has 8 N–H and O–H groups in total. The standard InChI is InChI=1S/C12H28N2O2.2ClH.2H3N/c1-13(2)11-12(14(3)4,7-5-9-15)8-6-10-16;;;;/h15-16H,5-11H2,1-4H3;2*1H;2*1H3. The maximum absolute atomic E-state index is 8.99. The summed E-state index contributed by atoms with van der Waals surface area (Å²) in [6.45, 7) is 1.43. The molecule has 0 saturated heterocycles. The van der Waals surface area contributed by atoms with Gasteiger partial charge in [-0.2, -0.15) is 0 Å². The average molecular weight is 339 g/mol. The Labute approximate surface area is 136 Å². The van der Waals surface area contributed by atoms with Crippen molar-refractivity contribution in [1.82, 2.24) is 22.1 Å². The van der Waals surface area contributed by atoms with Crippen molar-refractivity contribution in [3.63, 3.8) is 0 Å². The highest BCUT2D eigenvalue weighted by atomic mass is 35.5. The molecule has 0 aromatic rings. The quantitative estimate of drug-likeness (QED) is 0.506. The molecule has 0 rings (SSSR count). The van der Waals surface area contributed by atoms with Crippen LogP contribution in [0.3, 0.4) is 0 Å². The van der Waals surface area contributed by atoms with Gasteiger partial charge in [-0.25, -0.2) is 0 Å². The highest BCUT2D eigenvalue weighted by Gasteiger charge is 2.31. The van der Waals surface area contributed by atoms with Crippen LogP contribution < -0.4 is 12.3 Å². The van der Waals surface area contributed by atoms with Crippen LogP contribution in [0.25, 0.3) is 0 Å². The first-order valence-corrected chi connectivity index (χ1v) is 6.02. The number of aliphatic hydroxyl groups is 2. The summed E-state index contributed by atoms with van der Waals surface area (Å²) in [6.07, 6.45) is 3.57. The van der Waals surface area contributed by atoms with Gasteiger partial charge in [-0.15, -0.1) is 24.8 Å². The van der Waals surface area contributed by atoms with Crippen LogP contribution in [0, 0.1) is 0 Å². The first-order chi connectivity index (χ1) is 7.48. The second-order valence-corrected chi connectivity index (χ2v) is 5.01. The lowest BCUT2D eigenvalue weighted by Crippen LogP contribution is -2.51. The maximum Gasteiger partial charge on any atom is 0.0431 e. The molecule has 6 nitrogen and oxygen atoms in total. The summed E-state index contributed by atoms with van der Waals surface area (Å²) >= 11 is 0. The molecule has 0 aliphatic rings. The Kier molecular flexibility index (Phi) is 28.1. The highest BCUT2D eigenvalue weighted by Crippen LogP contribution is 2.25. The second kappa shape index (κ2) is 17.4. The Hall–Kier alpha value is 0.340. The van der Waals surface area contributed by atoms with Crippen LogP contribution in [0.1, 0.15) is 25.7 Å². The fraction of sp³-hybridized carbons (Fsp3) is 1.00. The molecule has 0 heterocycles.